The number of carbonyl (C=O) groups is 2. The molecule has 0 radical (unpaired) electrons. The molecule has 4 aliphatic rings. The predicted octanol–water partition coefficient (Wildman–Crippen LogP) is 10.1. The summed E-state index contributed by atoms with van der Waals surface area (Å²) >= 11 is 0. The average Bonchev–Trinajstić information content (AvgIpc) is 3.19. The Morgan fingerprint density at radius 2 is 1.08 bits per heavy atom. The molecule has 0 atom stereocenters. The van der Waals surface area contributed by atoms with E-state index >= 15 is 0 Å². The Kier molecular flexibility index (Phi) is 12.9. The van der Waals surface area contributed by atoms with Gasteiger partial charge in [0.1, 0.15) is 11.2 Å². The van der Waals surface area contributed by atoms with Crippen LogP contribution in [0.4, 0.5) is 0 Å². The van der Waals surface area contributed by atoms with E-state index in [0.29, 0.717) is 59.1 Å². The molecule has 1 aromatic heterocycles. The number of fused-ring (bicyclic) bond motifs is 2. The highest BCUT2D eigenvalue weighted by Crippen LogP contribution is 2.34. The molecule has 2 aromatic carbocycles. The van der Waals surface area contributed by atoms with Crippen LogP contribution in [0.15, 0.2) is 33.5 Å². The first-order chi connectivity index (χ1) is 25.9. The molecule has 0 amide bonds. The Morgan fingerprint density at radius 3 is 1.53 bits per heavy atom. The van der Waals surface area contributed by atoms with Gasteiger partial charge < -0.3 is 14.6 Å². The molecule has 7 rings (SSSR count). The fourth-order valence-electron chi connectivity index (χ4n) is 10.9. The number of nitrogens with zero attached hydrogens (tertiary/aromatic N) is 2. The number of aromatic carboxylic acids is 2. The quantitative estimate of drug-likeness (QED) is 0.158. The molecule has 2 N–H and O–H groups in total. The first-order valence-corrected chi connectivity index (χ1v) is 21.4. The summed E-state index contributed by atoms with van der Waals surface area (Å²) in [5, 5.41) is 21.1. The zero-order valence-electron chi connectivity index (χ0n) is 31.9. The third-order valence-electron chi connectivity index (χ3n) is 13.5. The van der Waals surface area contributed by atoms with E-state index in [0.717, 1.165) is 31.5 Å². The third kappa shape index (κ3) is 8.85. The summed E-state index contributed by atoms with van der Waals surface area (Å²) in [6.45, 7) is 1.85. The Hall–Kier alpha value is -3.23. The Labute approximate surface area is 315 Å². The van der Waals surface area contributed by atoms with Crippen LogP contribution in [0, 0.1) is 0 Å². The van der Waals surface area contributed by atoms with E-state index < -0.39 is 11.9 Å². The molecule has 1 heterocycles. The first kappa shape index (κ1) is 38.1. The van der Waals surface area contributed by atoms with Crippen molar-refractivity contribution in [2.45, 2.75) is 178 Å². The van der Waals surface area contributed by atoms with E-state index in [1.165, 1.54) is 141 Å². The van der Waals surface area contributed by atoms with Gasteiger partial charge in [0, 0.05) is 24.2 Å². The van der Waals surface area contributed by atoms with Crippen LogP contribution >= 0.6 is 0 Å². The SMILES string of the molecule is O=C(O)c1ccc2oc3cc(CCCN(C4CCCCC4)C4CCCCC4)c(C(=O)O)c(CCCN(C4CCCCC4)C4CCCCC4)c3c(=O)c2c1. The molecule has 0 aliphatic heterocycles. The monoisotopic (exact) mass is 726 g/mol. The third-order valence-corrected chi connectivity index (χ3v) is 13.5. The minimum absolute atomic E-state index is 0.0110. The molecule has 4 fully saturated rings. The molecule has 8 heteroatoms. The molecule has 53 heavy (non-hydrogen) atoms. The molecule has 0 unspecified atom stereocenters. The van der Waals surface area contributed by atoms with Crippen LogP contribution in [0.25, 0.3) is 21.9 Å². The lowest BCUT2D eigenvalue weighted by Crippen LogP contribution is -2.45. The highest BCUT2D eigenvalue weighted by Gasteiger charge is 2.31. The standard InChI is InChI=1S/C45H62N2O6/c48-43-38-29-32(44(49)50)25-26-39(38)53-40-30-31(15-13-27-46(33-16-5-1-6-17-33)34-18-7-2-8-19-34)41(45(51)52)37(42(40)43)24-14-28-47(35-20-9-3-10-21-35)36-22-11-4-12-23-36/h25-26,29-30,33-36H,1-24,27-28H2,(H,49,50)(H,51,52). The minimum Gasteiger partial charge on any atom is -0.478 e. The van der Waals surface area contributed by atoms with Gasteiger partial charge in [0.15, 0.2) is 0 Å². The van der Waals surface area contributed by atoms with Crippen LogP contribution in [0.5, 0.6) is 0 Å². The summed E-state index contributed by atoms with van der Waals surface area (Å²) < 4.78 is 6.41. The zero-order valence-corrected chi connectivity index (χ0v) is 31.9. The van der Waals surface area contributed by atoms with Gasteiger partial charge in [0.25, 0.3) is 0 Å². The lowest BCUT2D eigenvalue weighted by Gasteiger charge is -2.42. The summed E-state index contributed by atoms with van der Waals surface area (Å²) in [7, 11) is 0. The van der Waals surface area contributed by atoms with Gasteiger partial charge in [-0.25, -0.2) is 9.59 Å². The summed E-state index contributed by atoms with van der Waals surface area (Å²) in [5.41, 5.74) is 1.96. The van der Waals surface area contributed by atoms with Gasteiger partial charge in [-0.1, -0.05) is 77.0 Å². The predicted molar refractivity (Wildman–Crippen MR) is 211 cm³/mol. The van der Waals surface area contributed by atoms with Crippen molar-refractivity contribution in [3.8, 4) is 0 Å². The van der Waals surface area contributed by atoms with Crippen molar-refractivity contribution in [1.82, 2.24) is 9.80 Å². The van der Waals surface area contributed by atoms with Crippen molar-refractivity contribution in [3.63, 3.8) is 0 Å². The number of hydrogen-bond donors (Lipinski definition) is 2. The second-order valence-corrected chi connectivity index (χ2v) is 16.9. The molecular formula is C45H62N2O6. The van der Waals surface area contributed by atoms with Crippen molar-refractivity contribution in [2.75, 3.05) is 13.1 Å². The van der Waals surface area contributed by atoms with Crippen LogP contribution in [0.2, 0.25) is 0 Å². The van der Waals surface area contributed by atoms with E-state index in [1.807, 2.05) is 6.07 Å². The summed E-state index contributed by atoms with van der Waals surface area (Å²) in [6.07, 6.45) is 28.2. The molecule has 0 spiro atoms. The molecule has 4 aliphatic carbocycles. The highest BCUT2D eigenvalue weighted by atomic mass is 16.4. The summed E-state index contributed by atoms with van der Waals surface area (Å²) in [5.74, 6) is -2.11. The minimum atomic E-state index is -1.12. The second kappa shape index (κ2) is 17.9. The Balaban J connectivity index is 1.22. The molecular weight excluding hydrogens is 665 g/mol. The molecule has 4 saturated carbocycles. The van der Waals surface area contributed by atoms with E-state index in [4.69, 9.17) is 4.42 Å². The molecule has 3 aromatic rings. The van der Waals surface area contributed by atoms with Gasteiger partial charge in [0.05, 0.1) is 21.9 Å². The van der Waals surface area contributed by atoms with Gasteiger partial charge in [-0.2, -0.15) is 0 Å². The number of rotatable bonds is 14. The maximum atomic E-state index is 14.4. The lowest BCUT2D eigenvalue weighted by molar-refractivity contribution is 0.0683. The van der Waals surface area contributed by atoms with Crippen LogP contribution in [0.1, 0.15) is 173 Å². The van der Waals surface area contributed by atoms with Crippen molar-refractivity contribution in [1.29, 1.82) is 0 Å². The Bertz CT molecular complexity index is 1740. The molecule has 288 valence electrons. The number of benzene rings is 2. The zero-order chi connectivity index (χ0) is 36.7. The smallest absolute Gasteiger partial charge is 0.336 e. The van der Waals surface area contributed by atoms with E-state index in [-0.39, 0.29) is 21.9 Å². The van der Waals surface area contributed by atoms with Crippen LogP contribution in [-0.2, 0) is 12.8 Å². The highest BCUT2D eigenvalue weighted by molar-refractivity contribution is 6.02. The largest absolute Gasteiger partial charge is 0.478 e. The average molecular weight is 727 g/mol. The lowest BCUT2D eigenvalue weighted by atomic mass is 9.87. The van der Waals surface area contributed by atoms with Crippen LogP contribution in [0.3, 0.4) is 0 Å². The number of carboxylic acids is 2. The summed E-state index contributed by atoms with van der Waals surface area (Å²) in [6, 6.07) is 8.60. The summed E-state index contributed by atoms with van der Waals surface area (Å²) in [4.78, 5) is 45.1. The fraction of sp³-hybridized carbons (Fsp3) is 0.667. The fourth-order valence-corrected chi connectivity index (χ4v) is 10.9. The maximum Gasteiger partial charge on any atom is 0.336 e. The van der Waals surface area contributed by atoms with Crippen molar-refractivity contribution < 1.29 is 24.2 Å². The number of hydrogen-bond acceptors (Lipinski definition) is 6. The molecule has 0 saturated heterocycles. The van der Waals surface area contributed by atoms with E-state index in [1.54, 1.807) is 6.07 Å². The van der Waals surface area contributed by atoms with Crippen molar-refractivity contribution >= 4 is 33.9 Å². The first-order valence-electron chi connectivity index (χ1n) is 21.4. The van der Waals surface area contributed by atoms with Crippen LogP contribution < -0.4 is 5.43 Å². The second-order valence-electron chi connectivity index (χ2n) is 16.9. The number of aryl methyl sites for hydroxylation is 2. The topological polar surface area (TPSA) is 111 Å². The van der Waals surface area contributed by atoms with E-state index in [2.05, 4.69) is 9.80 Å². The molecule has 8 nitrogen and oxygen atoms in total. The van der Waals surface area contributed by atoms with Crippen molar-refractivity contribution in [3.05, 3.63) is 56.7 Å². The van der Waals surface area contributed by atoms with Crippen molar-refractivity contribution in [2.24, 2.45) is 0 Å². The maximum absolute atomic E-state index is 14.4. The van der Waals surface area contributed by atoms with E-state index in [9.17, 15) is 24.6 Å². The number of carboxylic acid groups (broad SMARTS) is 2. The van der Waals surface area contributed by atoms with Crippen LogP contribution in [-0.4, -0.2) is 69.2 Å². The van der Waals surface area contributed by atoms with Gasteiger partial charge in [-0.05, 0) is 126 Å². The van der Waals surface area contributed by atoms with Gasteiger partial charge >= 0.3 is 11.9 Å². The van der Waals surface area contributed by atoms with Gasteiger partial charge in [-0.3, -0.25) is 14.6 Å². The molecule has 0 bridgehead atoms. The Morgan fingerprint density at radius 1 is 0.604 bits per heavy atom. The van der Waals surface area contributed by atoms with Gasteiger partial charge in [0.2, 0.25) is 5.43 Å². The normalized spacial score (nSPS) is 20.2. The van der Waals surface area contributed by atoms with Gasteiger partial charge in [-0.15, -0.1) is 0 Å².